The Morgan fingerprint density at radius 1 is 0.615 bits per heavy atom. The van der Waals surface area contributed by atoms with Crippen LogP contribution in [0.1, 0.15) is 25.0 Å². The van der Waals surface area contributed by atoms with E-state index in [1.54, 1.807) is 0 Å². The summed E-state index contributed by atoms with van der Waals surface area (Å²) in [6.07, 6.45) is 0. The summed E-state index contributed by atoms with van der Waals surface area (Å²) in [5.74, 6) is -16.5. The standard InChI is InChI=1S/C23H14F6O6S4/c1-19-15(11-5-3-9(38(30,31)32)7-13(11)36-19)17-18(22(26,27)23(28,29)21(17,24)25)16-12-6-4-10(39(33,34)35)8-14(12)37-20(16,19)2/h3-8H,1-2H3,(H,30,31,32)(H,33,34,35)/t19-,20-/m1/s1. The Labute approximate surface area is 226 Å². The topological polar surface area (TPSA) is 109 Å². The summed E-state index contributed by atoms with van der Waals surface area (Å²) in [6.45, 7) is 2.74. The predicted octanol–water partition coefficient (Wildman–Crippen LogP) is 6.05. The molecule has 0 spiro atoms. The zero-order valence-corrected chi connectivity index (χ0v) is 22.7. The van der Waals surface area contributed by atoms with E-state index < -0.39 is 79.6 Å². The average Bonchev–Trinajstić information content (AvgIpc) is 3.30. The first-order valence-corrected chi connectivity index (χ1v) is 15.4. The van der Waals surface area contributed by atoms with Crippen molar-refractivity contribution in [2.45, 2.75) is 60.7 Å². The molecule has 2 heterocycles. The van der Waals surface area contributed by atoms with Gasteiger partial charge >= 0.3 is 17.8 Å². The van der Waals surface area contributed by atoms with Gasteiger partial charge in [-0.05, 0) is 60.4 Å². The fraction of sp³-hybridized carbons (Fsp3) is 0.304. The molecule has 2 atom stereocenters. The van der Waals surface area contributed by atoms with Crippen molar-refractivity contribution in [2.24, 2.45) is 0 Å². The van der Waals surface area contributed by atoms with Crippen molar-refractivity contribution in [2.75, 3.05) is 0 Å². The van der Waals surface area contributed by atoms with Crippen molar-refractivity contribution in [3.8, 4) is 0 Å². The molecule has 1 saturated carbocycles. The Bertz CT molecular complexity index is 1700. The zero-order chi connectivity index (χ0) is 28.9. The second-order valence-electron chi connectivity index (χ2n) is 9.76. The van der Waals surface area contributed by atoms with Gasteiger partial charge in [-0.2, -0.15) is 43.2 Å². The van der Waals surface area contributed by atoms with Gasteiger partial charge in [0.05, 0.1) is 19.3 Å². The monoisotopic (exact) mass is 628 g/mol. The molecule has 2 aromatic carbocycles. The van der Waals surface area contributed by atoms with Crippen molar-refractivity contribution >= 4 is 54.9 Å². The van der Waals surface area contributed by atoms with Crippen LogP contribution in [0.25, 0.3) is 11.1 Å². The maximum Gasteiger partial charge on any atom is 0.380 e. The lowest BCUT2D eigenvalue weighted by molar-refractivity contribution is -0.257. The number of rotatable bonds is 2. The van der Waals surface area contributed by atoms with Crippen LogP contribution in [0.4, 0.5) is 26.3 Å². The van der Waals surface area contributed by atoms with Crippen LogP contribution in [-0.2, 0) is 20.2 Å². The van der Waals surface area contributed by atoms with Gasteiger partial charge in [0, 0.05) is 20.9 Å². The SMILES string of the molecule is C[C@@]12Sc3cc(S(=O)(=O)O)ccc3C1=C1C(=C3c4ccc(S(=O)(=O)O)cc4S[C@]32C)C(F)(F)C(F)(F)C1(F)F. The maximum atomic E-state index is 15.5. The maximum absolute atomic E-state index is 15.5. The van der Waals surface area contributed by atoms with Gasteiger partial charge in [-0.3, -0.25) is 9.11 Å². The lowest BCUT2D eigenvalue weighted by atomic mass is 9.68. The lowest BCUT2D eigenvalue weighted by Gasteiger charge is -2.47. The minimum Gasteiger partial charge on any atom is -0.282 e. The Morgan fingerprint density at radius 2 is 0.949 bits per heavy atom. The number of allylic oxidation sites excluding steroid dienone is 2. The molecule has 1 fully saturated rings. The zero-order valence-electron chi connectivity index (χ0n) is 19.4. The molecule has 0 radical (unpaired) electrons. The van der Waals surface area contributed by atoms with Crippen LogP contribution in [0.3, 0.4) is 0 Å². The molecular formula is C23H14F6O6S4. The number of hydrogen-bond donors (Lipinski definition) is 2. The van der Waals surface area contributed by atoms with Crippen LogP contribution < -0.4 is 0 Å². The summed E-state index contributed by atoms with van der Waals surface area (Å²) in [5.41, 5.74) is -4.58. The van der Waals surface area contributed by atoms with E-state index in [9.17, 15) is 34.7 Å². The molecule has 6 nitrogen and oxygen atoms in total. The fourth-order valence-electron chi connectivity index (χ4n) is 5.77. The van der Waals surface area contributed by atoms with Crippen LogP contribution in [-0.4, -0.2) is 53.2 Å². The van der Waals surface area contributed by atoms with Crippen molar-refractivity contribution in [1.82, 2.24) is 0 Å². The van der Waals surface area contributed by atoms with Gasteiger partial charge in [0.2, 0.25) is 0 Å². The molecule has 208 valence electrons. The third-order valence-corrected chi connectivity index (χ3v) is 12.7. The van der Waals surface area contributed by atoms with E-state index in [1.807, 2.05) is 0 Å². The second-order valence-corrected chi connectivity index (χ2v) is 15.5. The summed E-state index contributed by atoms with van der Waals surface area (Å²) in [6, 6.07) is 5.60. The fourth-order valence-corrected chi connectivity index (χ4v) is 10.2. The van der Waals surface area contributed by atoms with E-state index in [-0.39, 0.29) is 20.9 Å². The Kier molecular flexibility index (Phi) is 5.06. The summed E-state index contributed by atoms with van der Waals surface area (Å²) in [4.78, 5) is -1.29. The molecule has 0 amide bonds. The first-order chi connectivity index (χ1) is 17.6. The molecule has 4 aliphatic rings. The van der Waals surface area contributed by atoms with Gasteiger partial charge in [0.15, 0.2) is 0 Å². The van der Waals surface area contributed by atoms with Gasteiger partial charge < -0.3 is 0 Å². The van der Waals surface area contributed by atoms with Crippen molar-refractivity contribution < 1.29 is 52.3 Å². The van der Waals surface area contributed by atoms with E-state index in [2.05, 4.69) is 0 Å². The highest BCUT2D eigenvalue weighted by molar-refractivity contribution is 8.06. The lowest BCUT2D eigenvalue weighted by Crippen LogP contribution is -2.47. The molecular weight excluding hydrogens is 615 g/mol. The highest BCUT2D eigenvalue weighted by Crippen LogP contribution is 2.78. The summed E-state index contributed by atoms with van der Waals surface area (Å²) in [5, 5.41) is 0. The third kappa shape index (κ3) is 3.04. The van der Waals surface area contributed by atoms with Gasteiger partial charge in [0.25, 0.3) is 20.2 Å². The number of hydrogen-bond acceptors (Lipinski definition) is 6. The first-order valence-electron chi connectivity index (χ1n) is 10.9. The van der Waals surface area contributed by atoms with Gasteiger partial charge in [-0.1, -0.05) is 12.1 Å². The summed E-state index contributed by atoms with van der Waals surface area (Å²) in [7, 11) is -9.53. The Balaban J connectivity index is 1.77. The van der Waals surface area contributed by atoms with E-state index in [4.69, 9.17) is 0 Å². The molecule has 2 aliphatic carbocycles. The largest absolute Gasteiger partial charge is 0.380 e. The van der Waals surface area contributed by atoms with E-state index in [0.29, 0.717) is 0 Å². The van der Waals surface area contributed by atoms with Crippen molar-refractivity contribution in [1.29, 1.82) is 0 Å². The summed E-state index contributed by atoms with van der Waals surface area (Å²) < 4.78 is 154. The Hall–Kier alpha value is -1.98. The molecule has 6 rings (SSSR count). The predicted molar refractivity (Wildman–Crippen MR) is 130 cm³/mol. The molecule has 0 bridgehead atoms. The molecule has 0 aromatic heterocycles. The molecule has 2 N–H and O–H groups in total. The first kappa shape index (κ1) is 27.2. The van der Waals surface area contributed by atoms with Crippen LogP contribution in [0.2, 0.25) is 0 Å². The van der Waals surface area contributed by atoms with E-state index >= 15 is 17.6 Å². The molecule has 0 unspecified atom stereocenters. The molecule has 16 heteroatoms. The van der Waals surface area contributed by atoms with Crippen LogP contribution in [0, 0.1) is 0 Å². The van der Waals surface area contributed by atoms with E-state index in [0.717, 1.165) is 59.9 Å². The highest BCUT2D eigenvalue weighted by atomic mass is 32.2. The number of fused-ring (bicyclic) bond motifs is 8. The smallest absolute Gasteiger partial charge is 0.282 e. The van der Waals surface area contributed by atoms with E-state index in [1.165, 1.54) is 13.8 Å². The average molecular weight is 629 g/mol. The molecule has 2 aromatic rings. The van der Waals surface area contributed by atoms with Gasteiger partial charge in [0.1, 0.15) is 0 Å². The molecule has 0 saturated heterocycles. The minimum atomic E-state index is -5.83. The number of alkyl halides is 6. The normalized spacial score (nSPS) is 29.6. The number of thioether (sulfide) groups is 2. The third-order valence-electron chi connectivity index (χ3n) is 7.70. The van der Waals surface area contributed by atoms with Crippen molar-refractivity contribution in [3.63, 3.8) is 0 Å². The number of benzene rings is 2. The van der Waals surface area contributed by atoms with Crippen molar-refractivity contribution in [3.05, 3.63) is 58.7 Å². The van der Waals surface area contributed by atoms with Crippen LogP contribution in [0.5, 0.6) is 0 Å². The minimum absolute atomic E-state index is 0.0264. The highest BCUT2D eigenvalue weighted by Gasteiger charge is 2.84. The van der Waals surface area contributed by atoms with Crippen LogP contribution in [0.15, 0.2) is 67.1 Å². The molecule has 39 heavy (non-hydrogen) atoms. The second kappa shape index (κ2) is 7.26. The number of halogens is 6. The Morgan fingerprint density at radius 3 is 1.26 bits per heavy atom. The van der Waals surface area contributed by atoms with Crippen LogP contribution >= 0.6 is 23.5 Å². The summed E-state index contributed by atoms with van der Waals surface area (Å²) >= 11 is 1.56. The van der Waals surface area contributed by atoms with Gasteiger partial charge in [-0.25, -0.2) is 0 Å². The van der Waals surface area contributed by atoms with Gasteiger partial charge in [-0.15, -0.1) is 23.5 Å². The quantitative estimate of drug-likeness (QED) is 0.306. The molecule has 2 aliphatic heterocycles.